The second-order valence-corrected chi connectivity index (χ2v) is 6.53. The van der Waals surface area contributed by atoms with Gasteiger partial charge in [0.1, 0.15) is 0 Å². The number of hydrogen-bond donors (Lipinski definition) is 1. The van der Waals surface area contributed by atoms with Gasteiger partial charge in [0.15, 0.2) is 0 Å². The minimum atomic E-state index is 0.105. The fraction of sp³-hybridized carbons (Fsp3) is 1.00. The van der Waals surface area contributed by atoms with Gasteiger partial charge in [-0.05, 0) is 58.4 Å². The van der Waals surface area contributed by atoms with Crippen LogP contribution in [0.5, 0.6) is 0 Å². The van der Waals surface area contributed by atoms with Crippen LogP contribution in [0.1, 0.15) is 60.8 Å². The minimum Gasteiger partial charge on any atom is -0.372 e. The molecule has 0 aromatic carbocycles. The molecule has 0 spiro atoms. The summed E-state index contributed by atoms with van der Waals surface area (Å²) < 4.78 is 6.13. The van der Waals surface area contributed by atoms with Gasteiger partial charge in [0.05, 0.1) is 11.7 Å². The van der Waals surface area contributed by atoms with E-state index in [1.54, 1.807) is 0 Å². The molecule has 3 unspecified atom stereocenters. The minimum absolute atomic E-state index is 0.105. The molecule has 17 heavy (non-hydrogen) atoms. The Morgan fingerprint density at radius 1 is 1.29 bits per heavy atom. The Bertz CT molecular complexity index is 225. The highest BCUT2D eigenvalue weighted by Crippen LogP contribution is 2.34. The Morgan fingerprint density at radius 2 is 1.94 bits per heavy atom. The Hall–Kier alpha value is -0.0800. The highest BCUT2D eigenvalue weighted by Gasteiger charge is 2.34. The lowest BCUT2D eigenvalue weighted by Crippen LogP contribution is -2.38. The van der Waals surface area contributed by atoms with Gasteiger partial charge in [-0.1, -0.05) is 20.8 Å². The molecule has 1 rings (SSSR count). The lowest BCUT2D eigenvalue weighted by atomic mass is 9.84. The number of rotatable bonds is 6. The Balaban J connectivity index is 2.50. The number of hydrogen-bond acceptors (Lipinski definition) is 2. The SMILES string of the molecule is CCNC(C)C(CC1CCC(C)(C)O1)C(C)C. The van der Waals surface area contributed by atoms with Crippen molar-refractivity contribution in [3.05, 3.63) is 0 Å². The van der Waals surface area contributed by atoms with Gasteiger partial charge in [-0.2, -0.15) is 0 Å². The van der Waals surface area contributed by atoms with Crippen molar-refractivity contribution < 1.29 is 4.74 Å². The van der Waals surface area contributed by atoms with E-state index in [-0.39, 0.29) is 5.60 Å². The fourth-order valence-corrected chi connectivity index (χ4v) is 3.07. The van der Waals surface area contributed by atoms with Gasteiger partial charge in [-0.15, -0.1) is 0 Å². The molecule has 0 radical (unpaired) electrons. The lowest BCUT2D eigenvalue weighted by molar-refractivity contribution is -0.0294. The maximum absolute atomic E-state index is 6.13. The van der Waals surface area contributed by atoms with Crippen molar-refractivity contribution in [1.29, 1.82) is 0 Å². The van der Waals surface area contributed by atoms with E-state index >= 15 is 0 Å². The summed E-state index contributed by atoms with van der Waals surface area (Å²) in [4.78, 5) is 0. The van der Waals surface area contributed by atoms with Crippen LogP contribution in [0.3, 0.4) is 0 Å². The van der Waals surface area contributed by atoms with Crippen molar-refractivity contribution >= 4 is 0 Å². The Morgan fingerprint density at radius 3 is 2.35 bits per heavy atom. The first-order valence-corrected chi connectivity index (χ1v) is 7.27. The van der Waals surface area contributed by atoms with Crippen molar-refractivity contribution in [2.45, 2.75) is 78.6 Å². The molecule has 0 aromatic rings. The average molecular weight is 241 g/mol. The normalized spacial score (nSPS) is 27.4. The molecule has 0 aliphatic carbocycles. The van der Waals surface area contributed by atoms with Crippen LogP contribution in [-0.2, 0) is 4.74 Å². The largest absolute Gasteiger partial charge is 0.372 e. The highest BCUT2D eigenvalue weighted by atomic mass is 16.5. The van der Waals surface area contributed by atoms with Crippen molar-refractivity contribution in [2.75, 3.05) is 6.54 Å². The smallest absolute Gasteiger partial charge is 0.0631 e. The number of ether oxygens (including phenoxy) is 1. The maximum Gasteiger partial charge on any atom is 0.0631 e. The molecule has 1 saturated heterocycles. The van der Waals surface area contributed by atoms with Crippen LogP contribution in [0.25, 0.3) is 0 Å². The molecule has 0 bridgehead atoms. The van der Waals surface area contributed by atoms with Crippen molar-refractivity contribution in [1.82, 2.24) is 5.32 Å². The molecule has 2 heteroatoms. The van der Waals surface area contributed by atoms with E-state index in [0.29, 0.717) is 18.1 Å². The predicted molar refractivity (Wildman–Crippen MR) is 74.3 cm³/mol. The molecule has 1 heterocycles. The van der Waals surface area contributed by atoms with Crippen LogP contribution in [0.4, 0.5) is 0 Å². The monoisotopic (exact) mass is 241 g/mol. The van der Waals surface area contributed by atoms with Crippen LogP contribution >= 0.6 is 0 Å². The molecule has 0 aromatic heterocycles. The topological polar surface area (TPSA) is 21.3 Å². The summed E-state index contributed by atoms with van der Waals surface area (Å²) >= 11 is 0. The van der Waals surface area contributed by atoms with Gasteiger partial charge in [0.2, 0.25) is 0 Å². The molecule has 1 fully saturated rings. The third kappa shape index (κ3) is 4.59. The molecule has 1 aliphatic heterocycles. The molecule has 1 N–H and O–H groups in total. The highest BCUT2D eigenvalue weighted by molar-refractivity contribution is 4.85. The second kappa shape index (κ2) is 6.19. The van der Waals surface area contributed by atoms with E-state index < -0.39 is 0 Å². The zero-order valence-corrected chi connectivity index (χ0v) is 12.5. The predicted octanol–water partition coefficient (Wildman–Crippen LogP) is 3.60. The van der Waals surface area contributed by atoms with Gasteiger partial charge in [0.25, 0.3) is 0 Å². The summed E-state index contributed by atoms with van der Waals surface area (Å²) in [5.74, 6) is 1.44. The van der Waals surface area contributed by atoms with Gasteiger partial charge >= 0.3 is 0 Å². The first kappa shape index (κ1) is 15.0. The Kier molecular flexibility index (Phi) is 5.46. The second-order valence-electron chi connectivity index (χ2n) is 6.53. The molecule has 0 saturated carbocycles. The fourth-order valence-electron chi connectivity index (χ4n) is 3.07. The summed E-state index contributed by atoms with van der Waals surface area (Å²) in [6.45, 7) is 14.6. The molecule has 3 atom stereocenters. The van der Waals surface area contributed by atoms with E-state index in [9.17, 15) is 0 Å². The standard InChI is InChI=1S/C15H31NO/c1-7-16-12(4)14(11(2)3)10-13-8-9-15(5,6)17-13/h11-14,16H,7-10H2,1-6H3. The first-order valence-electron chi connectivity index (χ1n) is 7.27. The number of nitrogens with one attached hydrogen (secondary N) is 1. The zero-order valence-electron chi connectivity index (χ0n) is 12.5. The first-order chi connectivity index (χ1) is 7.85. The lowest BCUT2D eigenvalue weighted by Gasteiger charge is -2.31. The molecule has 1 aliphatic rings. The van der Waals surface area contributed by atoms with Crippen molar-refractivity contribution in [3.8, 4) is 0 Å². The summed E-state index contributed by atoms with van der Waals surface area (Å²) in [6, 6.07) is 0.590. The van der Waals surface area contributed by atoms with Gasteiger partial charge in [0, 0.05) is 6.04 Å². The van der Waals surface area contributed by atoms with Crippen molar-refractivity contribution in [3.63, 3.8) is 0 Å². The average Bonchev–Trinajstić information content (AvgIpc) is 2.54. The van der Waals surface area contributed by atoms with Gasteiger partial charge < -0.3 is 10.1 Å². The third-order valence-electron chi connectivity index (χ3n) is 4.11. The van der Waals surface area contributed by atoms with Crippen LogP contribution in [-0.4, -0.2) is 24.3 Å². The summed E-state index contributed by atoms with van der Waals surface area (Å²) in [7, 11) is 0. The molecule has 0 amide bonds. The maximum atomic E-state index is 6.13. The van der Waals surface area contributed by atoms with E-state index in [4.69, 9.17) is 4.74 Å². The summed E-state index contributed by atoms with van der Waals surface area (Å²) in [6.07, 6.45) is 4.11. The molecule has 2 nitrogen and oxygen atoms in total. The van der Waals surface area contributed by atoms with Gasteiger partial charge in [-0.3, -0.25) is 0 Å². The van der Waals surface area contributed by atoms with Gasteiger partial charge in [-0.25, -0.2) is 0 Å². The van der Waals surface area contributed by atoms with Crippen molar-refractivity contribution in [2.24, 2.45) is 11.8 Å². The van der Waals surface area contributed by atoms with E-state index in [2.05, 4.69) is 46.9 Å². The van der Waals surface area contributed by atoms with Crippen LogP contribution in [0.15, 0.2) is 0 Å². The Labute approximate surface area is 108 Å². The molecular formula is C15H31NO. The quantitative estimate of drug-likeness (QED) is 0.767. The van der Waals surface area contributed by atoms with Crippen LogP contribution in [0.2, 0.25) is 0 Å². The summed E-state index contributed by atoms with van der Waals surface area (Å²) in [5, 5.41) is 3.57. The van der Waals surface area contributed by atoms with E-state index in [0.717, 1.165) is 12.5 Å². The van der Waals surface area contributed by atoms with Crippen LogP contribution in [0, 0.1) is 11.8 Å². The summed E-state index contributed by atoms with van der Waals surface area (Å²) in [5.41, 5.74) is 0.105. The molecule has 102 valence electrons. The third-order valence-corrected chi connectivity index (χ3v) is 4.11. The van der Waals surface area contributed by atoms with E-state index in [1.807, 2.05) is 0 Å². The molecular weight excluding hydrogens is 210 g/mol. The van der Waals surface area contributed by atoms with E-state index in [1.165, 1.54) is 19.3 Å². The zero-order chi connectivity index (χ0) is 13.1. The van der Waals surface area contributed by atoms with Crippen LogP contribution < -0.4 is 5.32 Å².